The third-order valence-electron chi connectivity index (χ3n) is 3.79. The van der Waals surface area contributed by atoms with Crippen molar-refractivity contribution in [2.24, 2.45) is 11.7 Å². The lowest BCUT2D eigenvalue weighted by molar-refractivity contribution is 0.407. The van der Waals surface area contributed by atoms with Crippen LogP contribution in [0.3, 0.4) is 0 Å². The number of halogens is 1. The Labute approximate surface area is 112 Å². The molecule has 0 saturated heterocycles. The van der Waals surface area contributed by atoms with Crippen LogP contribution in [0.1, 0.15) is 38.2 Å². The average molecular weight is 329 g/mol. The van der Waals surface area contributed by atoms with Gasteiger partial charge in [-0.25, -0.2) is 0 Å². The van der Waals surface area contributed by atoms with Gasteiger partial charge in [-0.3, -0.25) is 0 Å². The van der Waals surface area contributed by atoms with Crippen molar-refractivity contribution >= 4 is 22.6 Å². The van der Waals surface area contributed by atoms with E-state index in [9.17, 15) is 0 Å². The van der Waals surface area contributed by atoms with Crippen LogP contribution < -0.4 is 5.73 Å². The zero-order valence-corrected chi connectivity index (χ0v) is 12.0. The van der Waals surface area contributed by atoms with E-state index in [4.69, 9.17) is 5.73 Å². The van der Waals surface area contributed by atoms with Gasteiger partial charge in [0.2, 0.25) is 0 Å². The van der Waals surface area contributed by atoms with Crippen LogP contribution in [-0.4, -0.2) is 5.54 Å². The first-order valence-electron chi connectivity index (χ1n) is 6.15. The number of nitrogens with two attached hydrogens (primary N) is 1. The van der Waals surface area contributed by atoms with Crippen molar-refractivity contribution in [1.82, 2.24) is 0 Å². The van der Waals surface area contributed by atoms with E-state index in [0.717, 1.165) is 12.3 Å². The minimum Gasteiger partial charge on any atom is -0.325 e. The van der Waals surface area contributed by atoms with Gasteiger partial charge in [-0.05, 0) is 71.9 Å². The van der Waals surface area contributed by atoms with E-state index < -0.39 is 0 Å². The zero-order valence-electron chi connectivity index (χ0n) is 9.88. The number of rotatable bonds is 3. The van der Waals surface area contributed by atoms with E-state index in [1.807, 2.05) is 0 Å². The smallest absolute Gasteiger partial charge is 0.0197 e. The maximum Gasteiger partial charge on any atom is 0.0197 e. The van der Waals surface area contributed by atoms with Crippen LogP contribution in [0, 0.1) is 9.49 Å². The Kier molecular flexibility index (Phi) is 3.90. The predicted octanol–water partition coefficient (Wildman–Crippen LogP) is 3.74. The molecular weight excluding hydrogens is 309 g/mol. The highest BCUT2D eigenvalue weighted by Gasteiger charge is 2.34. The van der Waals surface area contributed by atoms with Gasteiger partial charge >= 0.3 is 0 Å². The Balaban J connectivity index is 2.01. The summed E-state index contributed by atoms with van der Waals surface area (Å²) in [6, 6.07) is 8.78. The molecule has 0 aromatic heterocycles. The number of hydrogen-bond donors (Lipinski definition) is 1. The molecule has 2 heteroatoms. The van der Waals surface area contributed by atoms with Crippen molar-refractivity contribution in [2.75, 3.05) is 0 Å². The molecule has 88 valence electrons. The molecule has 2 atom stereocenters. The summed E-state index contributed by atoms with van der Waals surface area (Å²) in [5.74, 6) is 0.855. The maximum absolute atomic E-state index is 6.49. The highest BCUT2D eigenvalue weighted by Crippen LogP contribution is 2.36. The summed E-state index contributed by atoms with van der Waals surface area (Å²) in [5.41, 5.74) is 7.94. The summed E-state index contributed by atoms with van der Waals surface area (Å²) in [6.07, 6.45) is 6.04. The van der Waals surface area contributed by atoms with Crippen molar-refractivity contribution in [1.29, 1.82) is 0 Å². The molecule has 1 aromatic carbocycles. The highest BCUT2D eigenvalue weighted by atomic mass is 127. The van der Waals surface area contributed by atoms with Crippen LogP contribution in [0.25, 0.3) is 0 Å². The minimum atomic E-state index is 0.0630. The second kappa shape index (κ2) is 5.05. The van der Waals surface area contributed by atoms with Gasteiger partial charge in [0.1, 0.15) is 0 Å². The van der Waals surface area contributed by atoms with E-state index in [1.54, 1.807) is 0 Å². The molecular formula is C14H20IN. The SMILES string of the molecule is CCC1CCC(N)(Cc2ccc(I)cc2)C1. The lowest BCUT2D eigenvalue weighted by atomic mass is 9.89. The van der Waals surface area contributed by atoms with Gasteiger partial charge in [0.15, 0.2) is 0 Å². The summed E-state index contributed by atoms with van der Waals surface area (Å²) in [7, 11) is 0. The topological polar surface area (TPSA) is 26.0 Å². The van der Waals surface area contributed by atoms with E-state index in [2.05, 4.69) is 53.8 Å². The lowest BCUT2D eigenvalue weighted by Crippen LogP contribution is -2.39. The summed E-state index contributed by atoms with van der Waals surface area (Å²) in [6.45, 7) is 2.28. The molecule has 0 spiro atoms. The van der Waals surface area contributed by atoms with E-state index in [0.29, 0.717) is 0 Å². The normalized spacial score (nSPS) is 29.6. The minimum absolute atomic E-state index is 0.0630. The zero-order chi connectivity index (χ0) is 11.6. The first kappa shape index (κ1) is 12.4. The van der Waals surface area contributed by atoms with Crippen LogP contribution in [0.15, 0.2) is 24.3 Å². The molecule has 1 aromatic rings. The first-order chi connectivity index (χ1) is 7.61. The standard InChI is InChI=1S/C14H20IN/c1-2-11-7-8-14(16,9-11)10-12-3-5-13(15)6-4-12/h3-6,11H,2,7-10,16H2,1H3. The largest absolute Gasteiger partial charge is 0.325 e. The Bertz CT molecular complexity index is 346. The summed E-state index contributed by atoms with van der Waals surface area (Å²) >= 11 is 2.34. The third kappa shape index (κ3) is 2.98. The van der Waals surface area contributed by atoms with Gasteiger partial charge in [0.05, 0.1) is 0 Å². The molecule has 16 heavy (non-hydrogen) atoms. The van der Waals surface area contributed by atoms with Gasteiger partial charge < -0.3 is 5.73 Å². The van der Waals surface area contributed by atoms with Crippen LogP contribution >= 0.6 is 22.6 Å². The summed E-state index contributed by atoms with van der Waals surface area (Å²) in [4.78, 5) is 0. The van der Waals surface area contributed by atoms with Gasteiger partial charge in [0.25, 0.3) is 0 Å². The van der Waals surface area contributed by atoms with Crippen molar-refractivity contribution in [3.8, 4) is 0 Å². The molecule has 0 amide bonds. The summed E-state index contributed by atoms with van der Waals surface area (Å²) in [5, 5.41) is 0. The van der Waals surface area contributed by atoms with E-state index in [1.165, 1.54) is 34.8 Å². The van der Waals surface area contributed by atoms with E-state index in [-0.39, 0.29) is 5.54 Å². The molecule has 0 radical (unpaired) electrons. The lowest BCUT2D eigenvalue weighted by Gasteiger charge is -2.24. The molecule has 2 rings (SSSR count). The summed E-state index contributed by atoms with van der Waals surface area (Å²) < 4.78 is 1.30. The molecule has 2 unspecified atom stereocenters. The fourth-order valence-electron chi connectivity index (χ4n) is 2.79. The van der Waals surface area contributed by atoms with Gasteiger partial charge in [0, 0.05) is 9.11 Å². The van der Waals surface area contributed by atoms with Crippen LogP contribution in [0.2, 0.25) is 0 Å². The Morgan fingerprint density at radius 2 is 2.06 bits per heavy atom. The molecule has 1 saturated carbocycles. The highest BCUT2D eigenvalue weighted by molar-refractivity contribution is 14.1. The molecule has 2 N–H and O–H groups in total. The second-order valence-electron chi connectivity index (χ2n) is 5.18. The molecule has 1 fully saturated rings. The molecule has 0 heterocycles. The molecule has 1 aliphatic rings. The monoisotopic (exact) mass is 329 g/mol. The molecule has 1 nitrogen and oxygen atoms in total. The quantitative estimate of drug-likeness (QED) is 0.840. The van der Waals surface area contributed by atoms with Crippen LogP contribution in [-0.2, 0) is 6.42 Å². The van der Waals surface area contributed by atoms with Gasteiger partial charge in [-0.15, -0.1) is 0 Å². The Morgan fingerprint density at radius 3 is 2.62 bits per heavy atom. The van der Waals surface area contributed by atoms with Crippen LogP contribution in [0.4, 0.5) is 0 Å². The third-order valence-corrected chi connectivity index (χ3v) is 4.51. The second-order valence-corrected chi connectivity index (χ2v) is 6.43. The fraction of sp³-hybridized carbons (Fsp3) is 0.571. The van der Waals surface area contributed by atoms with Crippen molar-refractivity contribution in [3.63, 3.8) is 0 Å². The molecule has 1 aliphatic carbocycles. The molecule has 0 aliphatic heterocycles. The molecule has 0 bridgehead atoms. The van der Waals surface area contributed by atoms with E-state index >= 15 is 0 Å². The van der Waals surface area contributed by atoms with Crippen LogP contribution in [0.5, 0.6) is 0 Å². The first-order valence-corrected chi connectivity index (χ1v) is 7.22. The average Bonchev–Trinajstić information content (AvgIpc) is 2.64. The number of benzene rings is 1. The van der Waals surface area contributed by atoms with Crippen molar-refractivity contribution in [3.05, 3.63) is 33.4 Å². The Hall–Kier alpha value is -0.0900. The maximum atomic E-state index is 6.49. The fourth-order valence-corrected chi connectivity index (χ4v) is 3.15. The van der Waals surface area contributed by atoms with Crippen molar-refractivity contribution < 1.29 is 0 Å². The van der Waals surface area contributed by atoms with Gasteiger partial charge in [-0.2, -0.15) is 0 Å². The van der Waals surface area contributed by atoms with Crippen molar-refractivity contribution in [2.45, 2.75) is 44.6 Å². The van der Waals surface area contributed by atoms with Gasteiger partial charge in [-0.1, -0.05) is 25.5 Å². The Morgan fingerprint density at radius 1 is 1.38 bits per heavy atom. The predicted molar refractivity (Wildman–Crippen MR) is 77.4 cm³/mol. The number of hydrogen-bond acceptors (Lipinski definition) is 1.